The molecule has 78 valence electrons. The van der Waals surface area contributed by atoms with Gasteiger partial charge in [-0.15, -0.1) is 4.91 Å². The standard InChI is InChI=1S/C10H11N3O2/c11-4-1-5-15-10-6-9(13-14)3-2-8(10)7-12/h2-3,6H,1,4-5,11H2. The number of hydrogen-bond donors (Lipinski definition) is 1. The Labute approximate surface area is 87.4 Å². The molecule has 15 heavy (non-hydrogen) atoms. The Balaban J connectivity index is 2.82. The van der Waals surface area contributed by atoms with Crippen LogP contribution in [0.1, 0.15) is 12.0 Å². The highest BCUT2D eigenvalue weighted by Crippen LogP contribution is 2.24. The van der Waals surface area contributed by atoms with Crippen LogP contribution in [-0.2, 0) is 0 Å². The van der Waals surface area contributed by atoms with Crippen LogP contribution in [0.2, 0.25) is 0 Å². The molecule has 0 spiro atoms. The van der Waals surface area contributed by atoms with Gasteiger partial charge in [-0.25, -0.2) is 0 Å². The van der Waals surface area contributed by atoms with Gasteiger partial charge < -0.3 is 10.5 Å². The van der Waals surface area contributed by atoms with Crippen molar-refractivity contribution in [2.24, 2.45) is 10.9 Å². The topological polar surface area (TPSA) is 88.5 Å². The predicted octanol–water partition coefficient (Wildman–Crippen LogP) is 1.68. The Morgan fingerprint density at radius 3 is 2.93 bits per heavy atom. The van der Waals surface area contributed by atoms with E-state index in [2.05, 4.69) is 5.18 Å². The van der Waals surface area contributed by atoms with Crippen molar-refractivity contribution in [1.29, 1.82) is 5.26 Å². The van der Waals surface area contributed by atoms with Crippen LogP contribution in [0.25, 0.3) is 0 Å². The molecule has 0 aliphatic heterocycles. The van der Waals surface area contributed by atoms with E-state index < -0.39 is 0 Å². The summed E-state index contributed by atoms with van der Waals surface area (Å²) in [6.07, 6.45) is 0.698. The Morgan fingerprint density at radius 2 is 2.33 bits per heavy atom. The number of nitroso groups, excluding NO2 is 1. The van der Waals surface area contributed by atoms with E-state index in [-0.39, 0.29) is 5.69 Å². The average molecular weight is 205 g/mol. The first kappa shape index (κ1) is 11.1. The van der Waals surface area contributed by atoms with Crippen LogP contribution in [-0.4, -0.2) is 13.2 Å². The molecule has 0 saturated heterocycles. The lowest BCUT2D eigenvalue weighted by Crippen LogP contribution is -2.06. The van der Waals surface area contributed by atoms with Crippen LogP contribution in [0, 0.1) is 16.2 Å². The maximum absolute atomic E-state index is 10.3. The minimum Gasteiger partial charge on any atom is -0.492 e. The van der Waals surface area contributed by atoms with Gasteiger partial charge in [0.05, 0.1) is 12.2 Å². The normalized spacial score (nSPS) is 9.33. The summed E-state index contributed by atoms with van der Waals surface area (Å²) in [6.45, 7) is 0.945. The first-order chi connectivity index (χ1) is 7.31. The summed E-state index contributed by atoms with van der Waals surface area (Å²) in [5.41, 5.74) is 5.94. The third-order valence-corrected chi connectivity index (χ3v) is 1.80. The SMILES string of the molecule is N#Cc1ccc(N=O)cc1OCCCN. The van der Waals surface area contributed by atoms with Gasteiger partial charge in [0.15, 0.2) is 0 Å². The second-order valence-electron chi connectivity index (χ2n) is 2.87. The molecule has 0 unspecified atom stereocenters. The van der Waals surface area contributed by atoms with E-state index in [4.69, 9.17) is 15.7 Å². The van der Waals surface area contributed by atoms with E-state index in [9.17, 15) is 4.91 Å². The minimum absolute atomic E-state index is 0.247. The fourth-order valence-corrected chi connectivity index (χ4v) is 1.05. The van der Waals surface area contributed by atoms with Crippen LogP contribution < -0.4 is 10.5 Å². The largest absolute Gasteiger partial charge is 0.492 e. The van der Waals surface area contributed by atoms with E-state index >= 15 is 0 Å². The maximum Gasteiger partial charge on any atom is 0.139 e. The summed E-state index contributed by atoms with van der Waals surface area (Å²) in [6, 6.07) is 6.40. The number of nitrogens with zero attached hydrogens (tertiary/aromatic N) is 2. The second-order valence-corrected chi connectivity index (χ2v) is 2.87. The van der Waals surface area contributed by atoms with Gasteiger partial charge in [-0.1, -0.05) is 0 Å². The fourth-order valence-electron chi connectivity index (χ4n) is 1.05. The highest BCUT2D eigenvalue weighted by Gasteiger charge is 2.04. The number of benzene rings is 1. The molecule has 5 heteroatoms. The molecule has 0 aliphatic carbocycles. The summed E-state index contributed by atoms with van der Waals surface area (Å²) in [5.74, 6) is 0.378. The smallest absolute Gasteiger partial charge is 0.139 e. The van der Waals surface area contributed by atoms with Gasteiger partial charge in [0.25, 0.3) is 0 Å². The van der Waals surface area contributed by atoms with Gasteiger partial charge in [-0.05, 0) is 30.3 Å². The molecule has 2 N–H and O–H groups in total. The lowest BCUT2D eigenvalue weighted by Gasteiger charge is -2.06. The monoisotopic (exact) mass is 205 g/mol. The van der Waals surface area contributed by atoms with Gasteiger partial charge in [0, 0.05) is 6.07 Å². The van der Waals surface area contributed by atoms with Crippen LogP contribution in [0.5, 0.6) is 5.75 Å². The molecule has 0 bridgehead atoms. The number of hydrogen-bond acceptors (Lipinski definition) is 5. The van der Waals surface area contributed by atoms with Gasteiger partial charge >= 0.3 is 0 Å². The maximum atomic E-state index is 10.3. The fraction of sp³-hybridized carbons (Fsp3) is 0.300. The molecule has 5 nitrogen and oxygen atoms in total. The molecule has 0 fully saturated rings. The van der Waals surface area contributed by atoms with Crippen molar-refractivity contribution in [2.75, 3.05) is 13.2 Å². The zero-order valence-electron chi connectivity index (χ0n) is 8.14. The van der Waals surface area contributed by atoms with Gasteiger partial charge in [-0.3, -0.25) is 0 Å². The summed E-state index contributed by atoms with van der Waals surface area (Å²) >= 11 is 0. The molecule has 0 radical (unpaired) electrons. The van der Waals surface area contributed by atoms with Crippen LogP contribution >= 0.6 is 0 Å². The molecule has 0 saturated carbocycles. The number of nitrogens with two attached hydrogens (primary N) is 1. The van der Waals surface area contributed by atoms with Crippen molar-refractivity contribution < 1.29 is 4.74 Å². The lowest BCUT2D eigenvalue weighted by molar-refractivity contribution is 0.312. The van der Waals surface area contributed by atoms with E-state index in [1.54, 1.807) is 0 Å². The van der Waals surface area contributed by atoms with E-state index in [0.717, 1.165) is 0 Å². The molecule has 0 aromatic heterocycles. The molecule has 1 aromatic carbocycles. The third-order valence-electron chi connectivity index (χ3n) is 1.80. The Hall–Kier alpha value is -1.93. The molecule has 0 aliphatic rings. The van der Waals surface area contributed by atoms with Crippen molar-refractivity contribution in [3.05, 3.63) is 28.7 Å². The van der Waals surface area contributed by atoms with E-state index in [0.29, 0.717) is 30.9 Å². The van der Waals surface area contributed by atoms with Crippen LogP contribution in [0.15, 0.2) is 23.4 Å². The summed E-state index contributed by atoms with van der Waals surface area (Å²) in [4.78, 5) is 10.3. The van der Waals surface area contributed by atoms with Gasteiger partial charge in [0.2, 0.25) is 0 Å². The average Bonchev–Trinajstić information content (AvgIpc) is 2.29. The Kier molecular flexibility index (Phi) is 4.26. The number of rotatable bonds is 5. The zero-order valence-corrected chi connectivity index (χ0v) is 8.14. The molecule has 0 heterocycles. The first-order valence-corrected chi connectivity index (χ1v) is 4.52. The van der Waals surface area contributed by atoms with Gasteiger partial charge in [0.1, 0.15) is 17.5 Å². The number of ether oxygens (including phenoxy) is 1. The quantitative estimate of drug-likeness (QED) is 0.585. The van der Waals surface area contributed by atoms with Crippen molar-refractivity contribution >= 4 is 5.69 Å². The van der Waals surface area contributed by atoms with Crippen molar-refractivity contribution in [3.8, 4) is 11.8 Å². The van der Waals surface area contributed by atoms with E-state index in [1.807, 2.05) is 6.07 Å². The number of nitriles is 1. The lowest BCUT2D eigenvalue weighted by atomic mass is 10.2. The van der Waals surface area contributed by atoms with Crippen LogP contribution in [0.3, 0.4) is 0 Å². The van der Waals surface area contributed by atoms with E-state index in [1.165, 1.54) is 18.2 Å². The molecular weight excluding hydrogens is 194 g/mol. The highest BCUT2D eigenvalue weighted by molar-refractivity contribution is 5.52. The van der Waals surface area contributed by atoms with Crippen molar-refractivity contribution in [3.63, 3.8) is 0 Å². The molecule has 0 amide bonds. The van der Waals surface area contributed by atoms with Crippen molar-refractivity contribution in [2.45, 2.75) is 6.42 Å². The highest BCUT2D eigenvalue weighted by atomic mass is 16.5. The molecular formula is C10H11N3O2. The summed E-state index contributed by atoms with van der Waals surface area (Å²) in [7, 11) is 0. The minimum atomic E-state index is 0.247. The molecule has 1 rings (SSSR count). The third kappa shape index (κ3) is 3.04. The molecule has 1 aromatic rings. The van der Waals surface area contributed by atoms with Crippen molar-refractivity contribution in [1.82, 2.24) is 0 Å². The van der Waals surface area contributed by atoms with Gasteiger partial charge in [-0.2, -0.15) is 5.26 Å². The summed E-state index contributed by atoms with van der Waals surface area (Å²) < 4.78 is 5.31. The second kappa shape index (κ2) is 5.73. The first-order valence-electron chi connectivity index (χ1n) is 4.52. The Morgan fingerprint density at radius 1 is 1.53 bits per heavy atom. The summed E-state index contributed by atoms with van der Waals surface area (Å²) in [5, 5.41) is 11.5. The zero-order chi connectivity index (χ0) is 11.1. The molecule has 0 atom stereocenters. The van der Waals surface area contributed by atoms with Crippen LogP contribution in [0.4, 0.5) is 5.69 Å². The Bertz CT molecular complexity index is 385. The predicted molar refractivity (Wildman–Crippen MR) is 55.8 cm³/mol.